The second-order valence-electron chi connectivity index (χ2n) is 4.97. The Morgan fingerprint density at radius 2 is 2.00 bits per heavy atom. The molecule has 2 N–H and O–H groups in total. The van der Waals surface area contributed by atoms with Gasteiger partial charge in [-0.1, -0.05) is 0 Å². The van der Waals surface area contributed by atoms with Gasteiger partial charge in [-0.15, -0.1) is 0 Å². The molecule has 0 saturated heterocycles. The SMILES string of the molecule is O=C1COc2ccc(NC(=O)c3ccc4nonc4c3)cc2N1. The van der Waals surface area contributed by atoms with E-state index in [-0.39, 0.29) is 18.4 Å². The van der Waals surface area contributed by atoms with Crippen molar-refractivity contribution in [1.29, 1.82) is 0 Å². The molecule has 8 heteroatoms. The average Bonchev–Trinajstić information content (AvgIpc) is 3.02. The van der Waals surface area contributed by atoms with E-state index >= 15 is 0 Å². The molecule has 0 radical (unpaired) electrons. The summed E-state index contributed by atoms with van der Waals surface area (Å²) in [5, 5.41) is 12.8. The smallest absolute Gasteiger partial charge is 0.262 e. The largest absolute Gasteiger partial charge is 0.482 e. The summed E-state index contributed by atoms with van der Waals surface area (Å²) in [4.78, 5) is 23.6. The number of hydrogen-bond acceptors (Lipinski definition) is 6. The van der Waals surface area contributed by atoms with Crippen LogP contribution in [-0.4, -0.2) is 28.7 Å². The predicted molar refractivity (Wildman–Crippen MR) is 80.3 cm³/mol. The van der Waals surface area contributed by atoms with Crippen molar-refractivity contribution in [3.05, 3.63) is 42.0 Å². The molecule has 2 amide bonds. The molecule has 1 aliphatic rings. The van der Waals surface area contributed by atoms with Gasteiger partial charge in [0.2, 0.25) is 0 Å². The molecule has 114 valence electrons. The topological polar surface area (TPSA) is 106 Å². The minimum atomic E-state index is -0.307. The molecule has 0 aliphatic carbocycles. The zero-order valence-electron chi connectivity index (χ0n) is 11.7. The van der Waals surface area contributed by atoms with Crippen molar-refractivity contribution in [2.45, 2.75) is 0 Å². The van der Waals surface area contributed by atoms with Crippen LogP contribution in [0.1, 0.15) is 10.4 Å². The summed E-state index contributed by atoms with van der Waals surface area (Å²) >= 11 is 0. The van der Waals surface area contributed by atoms with Crippen molar-refractivity contribution in [3.63, 3.8) is 0 Å². The molecular formula is C15H10N4O4. The normalized spacial score (nSPS) is 13.1. The summed E-state index contributed by atoms with van der Waals surface area (Å²) < 4.78 is 9.87. The van der Waals surface area contributed by atoms with Gasteiger partial charge in [0, 0.05) is 11.3 Å². The molecule has 0 spiro atoms. The Bertz CT molecular complexity index is 934. The van der Waals surface area contributed by atoms with Crippen molar-refractivity contribution < 1.29 is 19.0 Å². The third-order valence-corrected chi connectivity index (χ3v) is 3.39. The second kappa shape index (κ2) is 5.09. The predicted octanol–water partition coefficient (Wildman–Crippen LogP) is 1.81. The second-order valence-corrected chi connectivity index (χ2v) is 4.97. The number of hydrogen-bond donors (Lipinski definition) is 2. The number of carbonyl (C=O) groups excluding carboxylic acids is 2. The summed E-state index contributed by atoms with van der Waals surface area (Å²) in [6.45, 7) is -0.00947. The van der Waals surface area contributed by atoms with E-state index in [9.17, 15) is 9.59 Å². The van der Waals surface area contributed by atoms with Gasteiger partial charge in [-0.05, 0) is 46.7 Å². The Hall–Kier alpha value is -3.42. The lowest BCUT2D eigenvalue weighted by molar-refractivity contribution is -0.118. The van der Waals surface area contributed by atoms with Gasteiger partial charge in [0.25, 0.3) is 11.8 Å². The minimum Gasteiger partial charge on any atom is -0.482 e. The molecule has 0 saturated carbocycles. The fraction of sp³-hybridized carbons (Fsp3) is 0.0667. The van der Waals surface area contributed by atoms with Crippen molar-refractivity contribution in [2.24, 2.45) is 0 Å². The molecule has 2 heterocycles. The molecule has 0 unspecified atom stereocenters. The van der Waals surface area contributed by atoms with E-state index in [0.29, 0.717) is 33.7 Å². The number of fused-ring (bicyclic) bond motifs is 2. The Kier molecular flexibility index (Phi) is 2.94. The third kappa shape index (κ3) is 2.46. The highest BCUT2D eigenvalue weighted by atomic mass is 16.6. The van der Waals surface area contributed by atoms with Crippen LogP contribution in [0.25, 0.3) is 11.0 Å². The molecule has 8 nitrogen and oxygen atoms in total. The first-order valence-electron chi connectivity index (χ1n) is 6.79. The number of nitrogens with zero attached hydrogens (tertiary/aromatic N) is 2. The Morgan fingerprint density at radius 1 is 1.13 bits per heavy atom. The summed E-state index contributed by atoms with van der Waals surface area (Å²) in [6.07, 6.45) is 0. The standard InChI is InChI=1S/C15H10N4O4/c20-14-7-22-13-4-2-9(6-12(13)17-14)16-15(21)8-1-3-10-11(5-8)19-23-18-10/h1-6H,7H2,(H,16,21)(H,17,20). The van der Waals surface area contributed by atoms with E-state index in [0.717, 1.165) is 0 Å². The highest BCUT2D eigenvalue weighted by molar-refractivity contribution is 6.06. The molecule has 0 bridgehead atoms. The number of aromatic nitrogens is 2. The number of carbonyl (C=O) groups is 2. The maximum absolute atomic E-state index is 12.3. The average molecular weight is 310 g/mol. The van der Waals surface area contributed by atoms with E-state index in [1.165, 1.54) is 0 Å². The molecule has 2 aromatic carbocycles. The van der Waals surface area contributed by atoms with E-state index in [2.05, 4.69) is 25.6 Å². The van der Waals surface area contributed by atoms with Gasteiger partial charge in [0.05, 0.1) is 5.69 Å². The van der Waals surface area contributed by atoms with Gasteiger partial charge in [-0.25, -0.2) is 4.63 Å². The Labute approximate surface area is 129 Å². The molecule has 1 aliphatic heterocycles. The van der Waals surface area contributed by atoms with Crippen molar-refractivity contribution >= 4 is 34.2 Å². The summed E-state index contributed by atoms with van der Waals surface area (Å²) in [5.41, 5.74) is 2.57. The fourth-order valence-electron chi connectivity index (χ4n) is 2.29. The van der Waals surface area contributed by atoms with Gasteiger partial charge in [0.15, 0.2) is 6.61 Å². The third-order valence-electron chi connectivity index (χ3n) is 3.39. The molecule has 4 rings (SSSR count). The lowest BCUT2D eigenvalue weighted by atomic mass is 10.1. The highest BCUT2D eigenvalue weighted by Gasteiger charge is 2.17. The zero-order valence-corrected chi connectivity index (χ0v) is 11.7. The highest BCUT2D eigenvalue weighted by Crippen LogP contribution is 2.30. The maximum atomic E-state index is 12.3. The first-order chi connectivity index (χ1) is 11.2. The van der Waals surface area contributed by atoms with E-state index in [1.54, 1.807) is 36.4 Å². The van der Waals surface area contributed by atoms with Crippen LogP contribution in [0.5, 0.6) is 5.75 Å². The van der Waals surface area contributed by atoms with Gasteiger partial charge in [0.1, 0.15) is 16.8 Å². The van der Waals surface area contributed by atoms with Crippen LogP contribution < -0.4 is 15.4 Å². The van der Waals surface area contributed by atoms with Crippen LogP contribution in [0, 0.1) is 0 Å². The molecule has 3 aromatic rings. The van der Waals surface area contributed by atoms with Crippen LogP contribution in [0.4, 0.5) is 11.4 Å². The number of nitrogens with one attached hydrogen (secondary N) is 2. The summed E-state index contributed by atoms with van der Waals surface area (Å²) in [7, 11) is 0. The maximum Gasteiger partial charge on any atom is 0.262 e. The quantitative estimate of drug-likeness (QED) is 0.747. The number of ether oxygens (including phenoxy) is 1. The van der Waals surface area contributed by atoms with E-state index in [1.807, 2.05) is 0 Å². The fourth-order valence-corrected chi connectivity index (χ4v) is 2.29. The molecule has 0 fully saturated rings. The molecular weight excluding hydrogens is 300 g/mol. The number of rotatable bonds is 2. The van der Waals surface area contributed by atoms with Gasteiger partial charge >= 0.3 is 0 Å². The molecule has 0 atom stereocenters. The van der Waals surface area contributed by atoms with Gasteiger partial charge in [-0.2, -0.15) is 0 Å². The minimum absolute atomic E-state index is 0.00947. The van der Waals surface area contributed by atoms with Gasteiger partial charge < -0.3 is 15.4 Å². The van der Waals surface area contributed by atoms with Crippen LogP contribution in [0.3, 0.4) is 0 Å². The summed E-state index contributed by atoms with van der Waals surface area (Å²) in [6, 6.07) is 9.90. The Morgan fingerprint density at radius 3 is 2.91 bits per heavy atom. The van der Waals surface area contributed by atoms with E-state index in [4.69, 9.17) is 4.74 Å². The van der Waals surface area contributed by atoms with Crippen LogP contribution >= 0.6 is 0 Å². The van der Waals surface area contributed by atoms with Crippen molar-refractivity contribution in [3.8, 4) is 5.75 Å². The van der Waals surface area contributed by atoms with Crippen molar-refractivity contribution in [1.82, 2.24) is 10.3 Å². The van der Waals surface area contributed by atoms with Crippen LogP contribution in [-0.2, 0) is 4.79 Å². The van der Waals surface area contributed by atoms with Crippen LogP contribution in [0.15, 0.2) is 41.0 Å². The van der Waals surface area contributed by atoms with Crippen molar-refractivity contribution in [2.75, 3.05) is 17.2 Å². The molecule has 23 heavy (non-hydrogen) atoms. The van der Waals surface area contributed by atoms with E-state index < -0.39 is 0 Å². The first-order valence-corrected chi connectivity index (χ1v) is 6.79. The van der Waals surface area contributed by atoms with Gasteiger partial charge in [-0.3, -0.25) is 9.59 Å². The number of benzene rings is 2. The number of anilines is 2. The zero-order chi connectivity index (χ0) is 15.8. The van der Waals surface area contributed by atoms with Crippen LogP contribution in [0.2, 0.25) is 0 Å². The lowest BCUT2D eigenvalue weighted by Crippen LogP contribution is -2.25. The first kappa shape index (κ1) is 13.3. The molecule has 1 aromatic heterocycles. The summed E-state index contributed by atoms with van der Waals surface area (Å²) in [5.74, 6) is 0.0283. The monoisotopic (exact) mass is 310 g/mol. The Balaban J connectivity index is 1.58. The number of amides is 2. The lowest BCUT2D eigenvalue weighted by Gasteiger charge is -2.18.